The first-order chi connectivity index (χ1) is 15.8. The fourth-order valence-electron chi connectivity index (χ4n) is 3.48. The molecule has 2 atom stereocenters. The van der Waals surface area contributed by atoms with E-state index >= 15 is 0 Å². The number of rotatable bonds is 12. The molecule has 2 amide bonds. The summed E-state index contributed by atoms with van der Waals surface area (Å²) in [4.78, 5) is 25.8. The van der Waals surface area contributed by atoms with Crippen LogP contribution in [0.5, 0.6) is 0 Å². The second-order valence-electron chi connectivity index (χ2n) is 7.72. The highest BCUT2D eigenvalue weighted by atomic mass is 32.2. The van der Waals surface area contributed by atoms with Crippen LogP contribution < -0.4 is 15.3 Å². The van der Waals surface area contributed by atoms with Crippen LogP contribution in [-0.2, 0) is 19.6 Å². The fourth-order valence-corrected chi connectivity index (χ4v) is 4.24. The van der Waals surface area contributed by atoms with Gasteiger partial charge in [0.05, 0.1) is 23.8 Å². The molecule has 33 heavy (non-hydrogen) atoms. The molecule has 0 saturated heterocycles. The van der Waals surface area contributed by atoms with E-state index in [0.29, 0.717) is 12.8 Å². The molecule has 0 aliphatic carbocycles. The van der Waals surface area contributed by atoms with Gasteiger partial charge in [-0.15, -0.1) is 0 Å². The molecule has 2 rings (SSSR count). The number of carbonyl (C=O) groups excluding carboxylic acids is 2. The van der Waals surface area contributed by atoms with E-state index in [1.54, 1.807) is 41.9 Å². The normalized spacial score (nSPS) is 13.3. The van der Waals surface area contributed by atoms with Crippen molar-refractivity contribution in [1.82, 2.24) is 10.9 Å². The molecule has 178 valence electrons. The topological polar surface area (TPSA) is 116 Å². The standard InChI is InChI=1S/C24H31N3O5S/c1-3-4-17-21(22(24(29)26-30)18-11-14-19-12-7-5-8-13-19)23(28)25-27(33(2,31)32)20-15-9-6-10-16-20/h5-16,21-22,30H,3-4,17-18H2,1-2H3,(H,25,28)(H,26,29)/t21-,22-/m0/s1. The predicted molar refractivity (Wildman–Crippen MR) is 128 cm³/mol. The first-order valence-corrected chi connectivity index (χ1v) is 12.6. The molecule has 8 nitrogen and oxygen atoms in total. The van der Waals surface area contributed by atoms with Crippen LogP contribution in [0.1, 0.15) is 38.2 Å². The Hall–Kier alpha value is -3.17. The summed E-state index contributed by atoms with van der Waals surface area (Å²) in [5.74, 6) is -3.06. The number of sulfonamides is 1. The number of anilines is 1. The number of nitrogens with zero attached hydrogens (tertiary/aromatic N) is 1. The maximum Gasteiger partial charge on any atom is 0.249 e. The number of benzene rings is 2. The molecule has 0 bridgehead atoms. The zero-order valence-corrected chi connectivity index (χ0v) is 19.7. The van der Waals surface area contributed by atoms with Crippen molar-refractivity contribution in [2.24, 2.45) is 11.8 Å². The van der Waals surface area contributed by atoms with Gasteiger partial charge < -0.3 is 0 Å². The molecule has 0 radical (unpaired) electrons. The Balaban J connectivity index is 2.30. The summed E-state index contributed by atoms with van der Waals surface area (Å²) in [6.45, 7) is 1.96. The molecule has 0 aliphatic rings. The minimum atomic E-state index is -3.83. The van der Waals surface area contributed by atoms with Crippen LogP contribution in [0.3, 0.4) is 0 Å². The second kappa shape index (κ2) is 12.8. The molecule has 0 aromatic heterocycles. The third kappa shape index (κ3) is 8.03. The van der Waals surface area contributed by atoms with E-state index in [9.17, 15) is 23.2 Å². The van der Waals surface area contributed by atoms with Gasteiger partial charge in [0, 0.05) is 0 Å². The van der Waals surface area contributed by atoms with E-state index in [1.807, 2.05) is 43.3 Å². The number of para-hydroxylation sites is 1. The van der Waals surface area contributed by atoms with E-state index in [-0.39, 0.29) is 12.1 Å². The molecular formula is C24H31N3O5S. The Kier molecular flexibility index (Phi) is 10.1. The molecule has 9 heteroatoms. The Morgan fingerprint density at radius 1 is 1.00 bits per heavy atom. The molecule has 0 fully saturated rings. The minimum Gasteiger partial charge on any atom is -0.289 e. The van der Waals surface area contributed by atoms with Gasteiger partial charge in [-0.25, -0.2) is 13.9 Å². The Morgan fingerprint density at radius 2 is 1.61 bits per heavy atom. The number of allylic oxidation sites excluding steroid dienone is 1. The summed E-state index contributed by atoms with van der Waals surface area (Å²) in [5, 5.41) is 9.31. The SMILES string of the molecule is CCCC[C@H](C(=O)NN(c1ccccc1)S(C)(=O)=O)[C@H](CC=Cc1ccccc1)C(=O)NO. The summed E-state index contributed by atoms with van der Waals surface area (Å²) < 4.78 is 25.6. The molecule has 0 spiro atoms. The number of hydrogen-bond donors (Lipinski definition) is 3. The van der Waals surface area contributed by atoms with E-state index in [1.165, 1.54) is 0 Å². The van der Waals surface area contributed by atoms with Crippen LogP contribution in [0.4, 0.5) is 5.69 Å². The summed E-state index contributed by atoms with van der Waals surface area (Å²) >= 11 is 0. The fraction of sp³-hybridized carbons (Fsp3) is 0.333. The van der Waals surface area contributed by atoms with Crippen LogP contribution in [0.25, 0.3) is 6.08 Å². The van der Waals surface area contributed by atoms with E-state index < -0.39 is 33.7 Å². The molecule has 0 saturated carbocycles. The zero-order valence-electron chi connectivity index (χ0n) is 18.8. The van der Waals surface area contributed by atoms with Crippen LogP contribution >= 0.6 is 0 Å². The number of hydrazine groups is 1. The maximum absolute atomic E-state index is 13.3. The molecule has 2 aromatic rings. The van der Waals surface area contributed by atoms with Crippen molar-refractivity contribution in [1.29, 1.82) is 0 Å². The lowest BCUT2D eigenvalue weighted by molar-refractivity contribution is -0.140. The Labute approximate surface area is 195 Å². The van der Waals surface area contributed by atoms with Crippen molar-refractivity contribution >= 4 is 33.6 Å². The van der Waals surface area contributed by atoms with E-state index in [2.05, 4.69) is 5.43 Å². The van der Waals surface area contributed by atoms with Gasteiger partial charge in [-0.3, -0.25) is 20.2 Å². The number of hydrogen-bond acceptors (Lipinski definition) is 5. The van der Waals surface area contributed by atoms with Crippen LogP contribution in [0.15, 0.2) is 66.7 Å². The molecule has 2 aromatic carbocycles. The Morgan fingerprint density at radius 3 is 2.15 bits per heavy atom. The lowest BCUT2D eigenvalue weighted by Gasteiger charge is -2.28. The van der Waals surface area contributed by atoms with Crippen LogP contribution in [-0.4, -0.2) is 31.7 Å². The number of hydroxylamine groups is 1. The lowest BCUT2D eigenvalue weighted by atomic mass is 9.84. The third-order valence-electron chi connectivity index (χ3n) is 5.17. The molecule has 3 N–H and O–H groups in total. The van der Waals surface area contributed by atoms with Crippen molar-refractivity contribution < 1.29 is 23.2 Å². The average molecular weight is 474 g/mol. The summed E-state index contributed by atoms with van der Waals surface area (Å²) in [5.41, 5.74) is 5.33. The summed E-state index contributed by atoms with van der Waals surface area (Å²) in [7, 11) is -3.83. The van der Waals surface area contributed by atoms with Gasteiger partial charge >= 0.3 is 0 Å². The Bertz CT molecular complexity index is 1030. The first kappa shape index (κ1) is 26.1. The molecular weight excluding hydrogens is 442 g/mol. The average Bonchev–Trinajstić information content (AvgIpc) is 2.81. The van der Waals surface area contributed by atoms with Gasteiger partial charge in [-0.1, -0.05) is 80.4 Å². The zero-order chi connectivity index (χ0) is 24.3. The lowest BCUT2D eigenvalue weighted by Crippen LogP contribution is -2.50. The minimum absolute atomic E-state index is 0.188. The van der Waals surface area contributed by atoms with Crippen molar-refractivity contribution in [2.45, 2.75) is 32.6 Å². The number of nitrogens with one attached hydrogen (secondary N) is 2. The second-order valence-corrected chi connectivity index (χ2v) is 9.55. The van der Waals surface area contributed by atoms with Crippen LogP contribution in [0.2, 0.25) is 0 Å². The number of amides is 2. The monoisotopic (exact) mass is 473 g/mol. The predicted octanol–water partition coefficient (Wildman–Crippen LogP) is 3.52. The highest BCUT2D eigenvalue weighted by molar-refractivity contribution is 7.92. The van der Waals surface area contributed by atoms with Gasteiger partial charge in [0.2, 0.25) is 21.8 Å². The van der Waals surface area contributed by atoms with E-state index in [0.717, 1.165) is 22.7 Å². The molecule has 0 aliphatic heterocycles. The van der Waals surface area contributed by atoms with Crippen LogP contribution in [0, 0.1) is 11.8 Å². The van der Waals surface area contributed by atoms with Gasteiger partial charge in [0.15, 0.2) is 0 Å². The van der Waals surface area contributed by atoms with Crippen molar-refractivity contribution in [3.63, 3.8) is 0 Å². The third-order valence-corrected chi connectivity index (χ3v) is 6.14. The van der Waals surface area contributed by atoms with Crippen molar-refractivity contribution in [3.05, 3.63) is 72.3 Å². The van der Waals surface area contributed by atoms with Crippen molar-refractivity contribution in [2.75, 3.05) is 10.7 Å². The maximum atomic E-state index is 13.3. The quantitative estimate of drug-likeness (QED) is 0.322. The molecule has 0 heterocycles. The first-order valence-electron chi connectivity index (χ1n) is 10.8. The number of unbranched alkanes of at least 4 members (excludes halogenated alkanes) is 1. The summed E-state index contributed by atoms with van der Waals surface area (Å²) in [6.07, 6.45) is 6.57. The van der Waals surface area contributed by atoms with Gasteiger partial charge in [0.25, 0.3) is 0 Å². The largest absolute Gasteiger partial charge is 0.289 e. The number of carbonyl (C=O) groups is 2. The molecule has 0 unspecified atom stereocenters. The highest BCUT2D eigenvalue weighted by Gasteiger charge is 2.34. The highest BCUT2D eigenvalue weighted by Crippen LogP contribution is 2.25. The smallest absolute Gasteiger partial charge is 0.249 e. The van der Waals surface area contributed by atoms with Crippen molar-refractivity contribution in [3.8, 4) is 0 Å². The van der Waals surface area contributed by atoms with Gasteiger partial charge in [0.1, 0.15) is 0 Å². The van der Waals surface area contributed by atoms with E-state index in [4.69, 9.17) is 0 Å². The van der Waals surface area contributed by atoms with Gasteiger partial charge in [-0.2, -0.15) is 4.41 Å². The summed E-state index contributed by atoms with van der Waals surface area (Å²) in [6, 6.07) is 17.6. The van der Waals surface area contributed by atoms with Gasteiger partial charge in [-0.05, 0) is 30.5 Å².